The molecule has 1 atom stereocenters. The Bertz CT molecular complexity index is 573. The molecule has 0 saturated carbocycles. The molecule has 0 saturated heterocycles. The molecule has 5 nitrogen and oxygen atoms in total. The van der Waals surface area contributed by atoms with Crippen LogP contribution in [0.15, 0.2) is 16.6 Å². The summed E-state index contributed by atoms with van der Waals surface area (Å²) in [4.78, 5) is 0. The van der Waals surface area contributed by atoms with E-state index < -0.39 is 15.9 Å². The number of halogens is 1. The van der Waals surface area contributed by atoms with Crippen molar-refractivity contribution in [3.8, 4) is 11.5 Å². The molecule has 1 heterocycles. The predicted molar refractivity (Wildman–Crippen MR) is 76.4 cm³/mol. The predicted octanol–water partition coefficient (Wildman–Crippen LogP) is 1.65. The third kappa shape index (κ3) is 3.84. The van der Waals surface area contributed by atoms with Crippen molar-refractivity contribution in [1.29, 1.82) is 0 Å². The van der Waals surface area contributed by atoms with Gasteiger partial charge in [0.05, 0.1) is 19.0 Å². The Hall–Kier alpha value is -0.790. The molecule has 106 valence electrons. The van der Waals surface area contributed by atoms with E-state index in [-0.39, 0.29) is 5.75 Å². The first-order chi connectivity index (χ1) is 8.87. The fourth-order valence-corrected chi connectivity index (χ4v) is 3.35. The molecule has 0 fully saturated rings. The summed E-state index contributed by atoms with van der Waals surface area (Å²) in [5.74, 6) is 1.16. The number of benzene rings is 1. The lowest BCUT2D eigenvalue weighted by atomic mass is 10.1. The van der Waals surface area contributed by atoms with E-state index in [9.17, 15) is 8.42 Å². The normalized spacial score (nSPS) is 16.8. The molecule has 0 aliphatic carbocycles. The standard InChI is InChI=1S/C12H16BrNO4S/c1-19(15,16)7-10(14)8-5-11-12(6-9(8)13)18-4-2-3-17-11/h5-6,10H,2-4,7,14H2,1H3. The Morgan fingerprint density at radius 3 is 2.47 bits per heavy atom. The van der Waals surface area contributed by atoms with Gasteiger partial charge >= 0.3 is 0 Å². The van der Waals surface area contributed by atoms with Crippen molar-refractivity contribution in [3.63, 3.8) is 0 Å². The van der Waals surface area contributed by atoms with Crippen molar-refractivity contribution in [2.75, 3.05) is 25.2 Å². The molecule has 0 aromatic heterocycles. The Balaban J connectivity index is 2.33. The van der Waals surface area contributed by atoms with E-state index in [1.54, 1.807) is 12.1 Å². The molecule has 1 aliphatic heterocycles. The van der Waals surface area contributed by atoms with Crippen LogP contribution in [-0.2, 0) is 9.84 Å². The second-order valence-corrected chi connectivity index (χ2v) is 7.61. The van der Waals surface area contributed by atoms with Crippen molar-refractivity contribution in [2.45, 2.75) is 12.5 Å². The summed E-state index contributed by atoms with van der Waals surface area (Å²) in [7, 11) is -3.13. The molecule has 1 aliphatic rings. The zero-order chi connectivity index (χ0) is 14.0. The third-order valence-corrected chi connectivity index (χ3v) is 4.40. The maximum Gasteiger partial charge on any atom is 0.162 e. The summed E-state index contributed by atoms with van der Waals surface area (Å²) in [5.41, 5.74) is 6.65. The second-order valence-electron chi connectivity index (χ2n) is 4.57. The van der Waals surface area contributed by atoms with Crippen LogP contribution >= 0.6 is 15.9 Å². The lowest BCUT2D eigenvalue weighted by Crippen LogP contribution is -2.21. The van der Waals surface area contributed by atoms with Gasteiger partial charge < -0.3 is 15.2 Å². The Labute approximate surface area is 121 Å². The number of hydrogen-bond acceptors (Lipinski definition) is 5. The fraction of sp³-hybridized carbons (Fsp3) is 0.500. The molecule has 7 heteroatoms. The molecule has 2 N–H and O–H groups in total. The highest BCUT2D eigenvalue weighted by Gasteiger charge is 2.20. The molecule has 19 heavy (non-hydrogen) atoms. The summed E-state index contributed by atoms with van der Waals surface area (Å²) in [6.45, 7) is 1.18. The SMILES string of the molecule is CS(=O)(=O)CC(N)c1cc2c(cc1Br)OCCCO2. The van der Waals surface area contributed by atoms with Gasteiger partial charge in [0.25, 0.3) is 0 Å². The van der Waals surface area contributed by atoms with Crippen LogP contribution in [0.1, 0.15) is 18.0 Å². The van der Waals surface area contributed by atoms with Crippen LogP contribution in [0, 0.1) is 0 Å². The zero-order valence-electron chi connectivity index (χ0n) is 10.6. The van der Waals surface area contributed by atoms with Gasteiger partial charge in [-0.25, -0.2) is 8.42 Å². The van der Waals surface area contributed by atoms with Gasteiger partial charge in [-0.2, -0.15) is 0 Å². The van der Waals surface area contributed by atoms with Crippen molar-refractivity contribution in [2.24, 2.45) is 5.73 Å². The van der Waals surface area contributed by atoms with Crippen LogP contribution in [-0.4, -0.2) is 33.6 Å². The van der Waals surface area contributed by atoms with Crippen LogP contribution in [0.2, 0.25) is 0 Å². The highest BCUT2D eigenvalue weighted by Crippen LogP contribution is 2.37. The quantitative estimate of drug-likeness (QED) is 0.897. The first kappa shape index (κ1) is 14.6. The van der Waals surface area contributed by atoms with Gasteiger partial charge in [-0.15, -0.1) is 0 Å². The van der Waals surface area contributed by atoms with Gasteiger partial charge in [-0.1, -0.05) is 15.9 Å². The first-order valence-corrected chi connectivity index (χ1v) is 8.74. The van der Waals surface area contributed by atoms with Crippen LogP contribution in [0.3, 0.4) is 0 Å². The summed E-state index contributed by atoms with van der Waals surface area (Å²) < 4.78 is 34.5. The zero-order valence-corrected chi connectivity index (χ0v) is 13.0. The molecule has 2 rings (SSSR count). The molecule has 1 aromatic carbocycles. The summed E-state index contributed by atoms with van der Waals surface area (Å²) in [5, 5.41) is 0. The van der Waals surface area contributed by atoms with Crippen LogP contribution < -0.4 is 15.2 Å². The monoisotopic (exact) mass is 349 g/mol. The highest BCUT2D eigenvalue weighted by molar-refractivity contribution is 9.10. The van der Waals surface area contributed by atoms with Crippen molar-refractivity contribution < 1.29 is 17.9 Å². The van der Waals surface area contributed by atoms with E-state index in [1.807, 2.05) is 0 Å². The largest absolute Gasteiger partial charge is 0.490 e. The Kier molecular flexibility index (Phi) is 4.37. The van der Waals surface area contributed by atoms with Gasteiger partial charge in [0, 0.05) is 23.2 Å². The first-order valence-electron chi connectivity index (χ1n) is 5.89. The molecule has 1 aromatic rings. The maximum absolute atomic E-state index is 11.3. The van der Waals surface area contributed by atoms with Crippen LogP contribution in [0.5, 0.6) is 11.5 Å². The average molecular weight is 350 g/mol. The molecule has 0 spiro atoms. The maximum atomic E-state index is 11.3. The molecular weight excluding hydrogens is 334 g/mol. The molecule has 1 unspecified atom stereocenters. The number of ether oxygens (including phenoxy) is 2. The molecular formula is C12H16BrNO4S. The number of hydrogen-bond donors (Lipinski definition) is 1. The lowest BCUT2D eigenvalue weighted by molar-refractivity contribution is 0.297. The molecule has 0 radical (unpaired) electrons. The Morgan fingerprint density at radius 1 is 1.32 bits per heavy atom. The van der Waals surface area contributed by atoms with E-state index in [0.717, 1.165) is 10.9 Å². The van der Waals surface area contributed by atoms with Gasteiger partial charge in [0.1, 0.15) is 9.84 Å². The van der Waals surface area contributed by atoms with Crippen molar-refractivity contribution in [1.82, 2.24) is 0 Å². The minimum atomic E-state index is -3.13. The number of sulfone groups is 1. The molecule has 0 bridgehead atoms. The lowest BCUT2D eigenvalue weighted by Gasteiger charge is -2.16. The number of nitrogens with two attached hydrogens (primary N) is 1. The van der Waals surface area contributed by atoms with Gasteiger partial charge in [0.15, 0.2) is 11.5 Å². The van der Waals surface area contributed by atoms with Crippen molar-refractivity contribution in [3.05, 3.63) is 22.2 Å². The minimum absolute atomic E-state index is 0.106. The van der Waals surface area contributed by atoms with Crippen LogP contribution in [0.25, 0.3) is 0 Å². The third-order valence-electron chi connectivity index (χ3n) is 2.75. The van der Waals surface area contributed by atoms with Gasteiger partial charge in [-0.3, -0.25) is 0 Å². The highest BCUT2D eigenvalue weighted by atomic mass is 79.9. The molecule has 0 amide bonds. The fourth-order valence-electron chi connectivity index (χ4n) is 1.90. The Morgan fingerprint density at radius 2 is 1.89 bits per heavy atom. The van der Waals surface area contributed by atoms with Gasteiger partial charge in [-0.05, 0) is 17.7 Å². The topological polar surface area (TPSA) is 78.6 Å². The van der Waals surface area contributed by atoms with Crippen LogP contribution in [0.4, 0.5) is 0 Å². The second kappa shape index (κ2) is 5.68. The summed E-state index contributed by atoms with van der Waals surface area (Å²) in [6, 6.07) is 2.93. The van der Waals surface area contributed by atoms with E-state index in [4.69, 9.17) is 15.2 Å². The summed E-state index contributed by atoms with van der Waals surface area (Å²) in [6.07, 6.45) is 1.99. The van der Waals surface area contributed by atoms with E-state index in [0.29, 0.717) is 30.3 Å². The van der Waals surface area contributed by atoms with Crippen molar-refractivity contribution >= 4 is 25.8 Å². The summed E-state index contributed by atoms with van der Waals surface area (Å²) >= 11 is 3.40. The van der Waals surface area contributed by atoms with Gasteiger partial charge in [0.2, 0.25) is 0 Å². The number of fused-ring (bicyclic) bond motifs is 1. The smallest absolute Gasteiger partial charge is 0.162 e. The average Bonchev–Trinajstić information content (AvgIpc) is 2.50. The van der Waals surface area contributed by atoms with E-state index >= 15 is 0 Å². The number of rotatable bonds is 3. The van der Waals surface area contributed by atoms with E-state index in [1.165, 1.54) is 6.26 Å². The van der Waals surface area contributed by atoms with E-state index in [2.05, 4.69) is 15.9 Å². The minimum Gasteiger partial charge on any atom is -0.490 e.